The van der Waals surface area contributed by atoms with E-state index in [0.29, 0.717) is 30.8 Å². The molecule has 0 unspecified atom stereocenters. The van der Waals surface area contributed by atoms with Crippen molar-refractivity contribution in [1.82, 2.24) is 15.2 Å². The van der Waals surface area contributed by atoms with Crippen molar-refractivity contribution in [2.45, 2.75) is 38.6 Å². The maximum Gasteiger partial charge on any atom is 0.332 e. The molecule has 3 aromatic rings. The molecule has 2 aliphatic heterocycles. The van der Waals surface area contributed by atoms with E-state index in [9.17, 15) is 14.4 Å². The Labute approximate surface area is 186 Å². The second-order valence-corrected chi connectivity index (χ2v) is 8.58. The molecule has 7 nitrogen and oxygen atoms in total. The lowest BCUT2D eigenvalue weighted by Gasteiger charge is -2.35. The second-order valence-electron chi connectivity index (χ2n) is 8.58. The number of urea groups is 1. The monoisotopic (exact) mass is 430 g/mol. The summed E-state index contributed by atoms with van der Waals surface area (Å²) in [5, 5.41) is 3.98. The van der Waals surface area contributed by atoms with Crippen molar-refractivity contribution in [3.05, 3.63) is 65.4 Å². The molecule has 0 saturated carbocycles. The minimum absolute atomic E-state index is 0.156. The normalized spacial score (nSPS) is 19.9. The van der Waals surface area contributed by atoms with Gasteiger partial charge in [-0.3, -0.25) is 9.59 Å². The molecule has 32 heavy (non-hydrogen) atoms. The molecular formula is C25H26N4O3. The van der Waals surface area contributed by atoms with Crippen LogP contribution in [0.1, 0.15) is 48.3 Å². The number of fused-ring (bicyclic) bond motifs is 5. The molecule has 1 atom stereocenters. The van der Waals surface area contributed by atoms with Gasteiger partial charge in [-0.1, -0.05) is 31.5 Å². The number of H-pyrrole nitrogens is 1. The SMILES string of the molecule is CCCCNC(=O)c1ccc(N2C(=O)N3CCc4c([nH]c5ccccc45)[C@@]3(C)C2=O)cc1. The summed E-state index contributed by atoms with van der Waals surface area (Å²) in [4.78, 5) is 45.6. The van der Waals surface area contributed by atoms with Crippen LogP contribution in [0.25, 0.3) is 10.9 Å². The first-order chi connectivity index (χ1) is 15.5. The Balaban J connectivity index is 1.47. The number of aromatic amines is 1. The van der Waals surface area contributed by atoms with Gasteiger partial charge in [0.1, 0.15) is 0 Å². The first-order valence-electron chi connectivity index (χ1n) is 11.1. The van der Waals surface area contributed by atoms with Crippen molar-refractivity contribution < 1.29 is 14.4 Å². The van der Waals surface area contributed by atoms with Crippen LogP contribution in [0.15, 0.2) is 48.5 Å². The number of hydrogen-bond acceptors (Lipinski definition) is 3. The average Bonchev–Trinajstić information content (AvgIpc) is 3.28. The van der Waals surface area contributed by atoms with Crippen molar-refractivity contribution in [3.63, 3.8) is 0 Å². The Morgan fingerprint density at radius 3 is 2.62 bits per heavy atom. The number of nitrogens with one attached hydrogen (secondary N) is 2. The number of anilines is 1. The van der Waals surface area contributed by atoms with Crippen LogP contribution in [0.5, 0.6) is 0 Å². The van der Waals surface area contributed by atoms with Crippen LogP contribution in [0, 0.1) is 0 Å². The lowest BCUT2D eigenvalue weighted by Crippen LogP contribution is -2.49. The maximum absolute atomic E-state index is 13.7. The number of rotatable bonds is 5. The van der Waals surface area contributed by atoms with Gasteiger partial charge in [-0.15, -0.1) is 0 Å². The molecule has 1 fully saturated rings. The number of unbranched alkanes of at least 4 members (excludes halogenated alkanes) is 1. The van der Waals surface area contributed by atoms with Crippen LogP contribution in [-0.2, 0) is 16.8 Å². The van der Waals surface area contributed by atoms with Crippen molar-refractivity contribution >= 4 is 34.4 Å². The molecule has 2 aromatic carbocycles. The molecule has 2 N–H and O–H groups in total. The summed E-state index contributed by atoms with van der Waals surface area (Å²) in [6.45, 7) is 4.98. The third-order valence-electron chi connectivity index (χ3n) is 6.67. The van der Waals surface area contributed by atoms with Gasteiger partial charge in [-0.2, -0.15) is 0 Å². The number of aromatic nitrogens is 1. The molecule has 0 bridgehead atoms. The highest BCUT2D eigenvalue weighted by molar-refractivity contribution is 6.23. The highest BCUT2D eigenvalue weighted by Gasteiger charge is 2.58. The highest BCUT2D eigenvalue weighted by atomic mass is 16.2. The fourth-order valence-electron chi connectivity index (χ4n) is 4.86. The maximum atomic E-state index is 13.7. The zero-order chi connectivity index (χ0) is 22.5. The number of benzene rings is 2. The van der Waals surface area contributed by atoms with Crippen molar-refractivity contribution in [2.24, 2.45) is 0 Å². The smallest absolute Gasteiger partial charge is 0.332 e. The van der Waals surface area contributed by atoms with Gasteiger partial charge in [0.25, 0.3) is 11.8 Å². The number of nitrogens with zero attached hydrogens (tertiary/aromatic N) is 2. The molecule has 3 heterocycles. The summed E-state index contributed by atoms with van der Waals surface area (Å²) in [5.41, 5.74) is 2.75. The molecule has 1 aromatic heterocycles. The second kappa shape index (κ2) is 7.51. The van der Waals surface area contributed by atoms with E-state index in [1.165, 1.54) is 4.90 Å². The topological polar surface area (TPSA) is 85.5 Å². The summed E-state index contributed by atoms with van der Waals surface area (Å²) in [7, 11) is 0. The van der Waals surface area contributed by atoms with E-state index in [1.54, 1.807) is 29.2 Å². The molecule has 0 aliphatic carbocycles. The van der Waals surface area contributed by atoms with Crippen molar-refractivity contribution in [2.75, 3.05) is 18.0 Å². The van der Waals surface area contributed by atoms with Crippen LogP contribution in [0.3, 0.4) is 0 Å². The molecule has 4 amide bonds. The minimum atomic E-state index is -1.08. The van der Waals surface area contributed by atoms with E-state index >= 15 is 0 Å². The Bertz CT molecular complexity index is 1230. The Morgan fingerprint density at radius 1 is 1.12 bits per heavy atom. The molecule has 7 heteroatoms. The number of para-hydroxylation sites is 1. The fourth-order valence-corrected chi connectivity index (χ4v) is 4.86. The van der Waals surface area contributed by atoms with Crippen LogP contribution >= 0.6 is 0 Å². The Kier molecular flexibility index (Phi) is 4.77. The number of imide groups is 1. The van der Waals surface area contributed by atoms with Crippen molar-refractivity contribution in [1.29, 1.82) is 0 Å². The lowest BCUT2D eigenvalue weighted by atomic mass is 9.87. The van der Waals surface area contributed by atoms with Gasteiger partial charge in [0.15, 0.2) is 5.54 Å². The summed E-state index contributed by atoms with van der Waals surface area (Å²) in [6.07, 6.45) is 2.62. The molecule has 0 spiro atoms. The van der Waals surface area contributed by atoms with Crippen LogP contribution < -0.4 is 10.2 Å². The first-order valence-corrected chi connectivity index (χ1v) is 11.1. The summed E-state index contributed by atoms with van der Waals surface area (Å²) < 4.78 is 0. The van der Waals surface area contributed by atoms with E-state index in [-0.39, 0.29) is 17.8 Å². The summed E-state index contributed by atoms with van der Waals surface area (Å²) in [6, 6.07) is 14.3. The summed E-state index contributed by atoms with van der Waals surface area (Å²) >= 11 is 0. The van der Waals surface area contributed by atoms with Gasteiger partial charge >= 0.3 is 6.03 Å². The average molecular weight is 431 g/mol. The van der Waals surface area contributed by atoms with E-state index in [2.05, 4.69) is 17.2 Å². The third-order valence-corrected chi connectivity index (χ3v) is 6.67. The van der Waals surface area contributed by atoms with E-state index in [1.807, 2.05) is 31.2 Å². The van der Waals surface area contributed by atoms with Crippen LogP contribution in [0.2, 0.25) is 0 Å². The molecule has 2 aliphatic rings. The fraction of sp³-hybridized carbons (Fsp3) is 0.320. The van der Waals surface area contributed by atoms with Gasteiger partial charge in [0, 0.05) is 29.6 Å². The van der Waals surface area contributed by atoms with Crippen LogP contribution in [-0.4, -0.2) is 40.8 Å². The van der Waals surface area contributed by atoms with Gasteiger partial charge < -0.3 is 15.2 Å². The van der Waals surface area contributed by atoms with Gasteiger partial charge in [-0.05, 0) is 55.7 Å². The molecule has 164 valence electrons. The number of carbonyl (C=O) groups excluding carboxylic acids is 3. The number of amides is 4. The van der Waals surface area contributed by atoms with Gasteiger partial charge in [0.05, 0.1) is 11.4 Å². The van der Waals surface area contributed by atoms with Crippen LogP contribution in [0.4, 0.5) is 10.5 Å². The quantitative estimate of drug-likeness (QED) is 0.475. The summed E-state index contributed by atoms with van der Waals surface area (Å²) in [5.74, 6) is -0.439. The Morgan fingerprint density at radius 2 is 1.88 bits per heavy atom. The lowest BCUT2D eigenvalue weighted by molar-refractivity contribution is -0.125. The van der Waals surface area contributed by atoms with Gasteiger partial charge in [-0.25, -0.2) is 9.69 Å². The van der Waals surface area contributed by atoms with E-state index in [0.717, 1.165) is 35.0 Å². The van der Waals surface area contributed by atoms with Gasteiger partial charge in [0.2, 0.25) is 0 Å². The third kappa shape index (κ3) is 2.84. The van der Waals surface area contributed by atoms with Crippen molar-refractivity contribution in [3.8, 4) is 0 Å². The standard InChI is InChI=1S/C25H26N4O3/c1-3-4-14-26-22(30)16-9-11-17(12-10-16)29-23(31)25(2)21-19(13-15-28(25)24(29)32)18-7-5-6-8-20(18)27-21/h5-12,27H,3-4,13-15H2,1-2H3,(H,26,30)/t25-/m0/s1. The minimum Gasteiger partial charge on any atom is -0.356 e. The molecule has 0 radical (unpaired) electrons. The predicted molar refractivity (Wildman–Crippen MR) is 123 cm³/mol. The zero-order valence-electron chi connectivity index (χ0n) is 18.3. The predicted octanol–water partition coefficient (Wildman–Crippen LogP) is 3.94. The first kappa shape index (κ1) is 20.3. The molecule has 1 saturated heterocycles. The van der Waals surface area contributed by atoms with E-state index in [4.69, 9.17) is 0 Å². The van der Waals surface area contributed by atoms with E-state index < -0.39 is 5.54 Å². The molecular weight excluding hydrogens is 404 g/mol. The largest absolute Gasteiger partial charge is 0.356 e. The number of carbonyl (C=O) groups is 3. The number of hydrogen-bond donors (Lipinski definition) is 2. The molecule has 5 rings (SSSR count). The Hall–Kier alpha value is -3.61. The zero-order valence-corrected chi connectivity index (χ0v) is 18.3. The highest BCUT2D eigenvalue weighted by Crippen LogP contribution is 2.45.